The molecule has 5 rings (SSSR count). The summed E-state index contributed by atoms with van der Waals surface area (Å²) in [4.78, 5) is 24.7. The number of ether oxygens (including phenoxy) is 1. The van der Waals surface area contributed by atoms with E-state index >= 15 is 0 Å². The molecule has 36 heavy (non-hydrogen) atoms. The van der Waals surface area contributed by atoms with E-state index in [1.54, 1.807) is 35.5 Å². The maximum atomic E-state index is 13.6. The van der Waals surface area contributed by atoms with E-state index in [9.17, 15) is 18.0 Å². The van der Waals surface area contributed by atoms with Crippen molar-refractivity contribution in [3.63, 3.8) is 0 Å². The summed E-state index contributed by atoms with van der Waals surface area (Å²) < 4.78 is 46.9. The van der Waals surface area contributed by atoms with Crippen LogP contribution in [0.25, 0.3) is 0 Å². The van der Waals surface area contributed by atoms with Crippen LogP contribution < -0.4 is 4.90 Å². The number of amides is 1. The summed E-state index contributed by atoms with van der Waals surface area (Å²) in [6.45, 7) is 3.49. The predicted molar refractivity (Wildman–Crippen MR) is 125 cm³/mol. The van der Waals surface area contributed by atoms with E-state index in [1.165, 1.54) is 18.9 Å². The zero-order valence-corrected chi connectivity index (χ0v) is 19.9. The molecule has 3 aliphatic rings. The van der Waals surface area contributed by atoms with Gasteiger partial charge < -0.3 is 14.5 Å². The number of benzene rings is 1. The van der Waals surface area contributed by atoms with E-state index < -0.39 is 11.7 Å². The van der Waals surface area contributed by atoms with Crippen molar-refractivity contribution in [3.8, 4) is 6.07 Å². The minimum atomic E-state index is -4.60. The quantitative estimate of drug-likeness (QED) is 0.594. The largest absolute Gasteiger partial charge is 0.417 e. The van der Waals surface area contributed by atoms with Gasteiger partial charge in [0.1, 0.15) is 0 Å². The van der Waals surface area contributed by atoms with Crippen molar-refractivity contribution in [1.29, 1.82) is 5.26 Å². The van der Waals surface area contributed by atoms with Crippen molar-refractivity contribution >= 4 is 11.6 Å². The molecule has 7 nitrogen and oxygen atoms in total. The molecule has 2 aliphatic heterocycles. The summed E-state index contributed by atoms with van der Waals surface area (Å²) in [6, 6.07) is 7.25. The molecular formula is C26H28F3N5O2. The van der Waals surface area contributed by atoms with Gasteiger partial charge in [0.2, 0.25) is 5.82 Å². The first-order valence-corrected chi connectivity index (χ1v) is 12.3. The normalized spacial score (nSPS) is 21.6. The van der Waals surface area contributed by atoms with Crippen molar-refractivity contribution in [2.75, 3.05) is 44.3 Å². The highest BCUT2D eigenvalue weighted by atomic mass is 19.4. The van der Waals surface area contributed by atoms with Crippen LogP contribution in [0.1, 0.15) is 47.4 Å². The Morgan fingerprint density at radius 1 is 1.17 bits per heavy atom. The summed E-state index contributed by atoms with van der Waals surface area (Å²) in [7, 11) is 0. The van der Waals surface area contributed by atoms with Crippen LogP contribution in [0.5, 0.6) is 0 Å². The Morgan fingerprint density at radius 3 is 2.53 bits per heavy atom. The number of hydrogen-bond donors (Lipinski definition) is 0. The summed E-state index contributed by atoms with van der Waals surface area (Å²) in [6.07, 6.45) is 2.31. The first-order valence-electron chi connectivity index (χ1n) is 12.3. The molecule has 1 amide bonds. The first-order chi connectivity index (χ1) is 17.3. The zero-order valence-electron chi connectivity index (χ0n) is 19.9. The molecule has 10 heteroatoms. The van der Waals surface area contributed by atoms with E-state index in [0.717, 1.165) is 25.5 Å². The number of likely N-dealkylation sites (tertiary alicyclic amines) is 1. The minimum absolute atomic E-state index is 0.131. The molecule has 0 N–H and O–H groups in total. The smallest absolute Gasteiger partial charge is 0.381 e. The molecule has 1 aromatic carbocycles. The van der Waals surface area contributed by atoms with E-state index in [1.807, 2.05) is 4.90 Å². The predicted octanol–water partition coefficient (Wildman–Crippen LogP) is 4.15. The Labute approximate surface area is 207 Å². The highest BCUT2D eigenvalue weighted by Gasteiger charge is 2.49. The highest BCUT2D eigenvalue weighted by molar-refractivity contribution is 5.90. The van der Waals surface area contributed by atoms with Gasteiger partial charge in [-0.3, -0.25) is 4.79 Å². The van der Waals surface area contributed by atoms with Crippen LogP contribution in [0.3, 0.4) is 0 Å². The number of rotatable bonds is 6. The molecule has 1 saturated carbocycles. The summed E-state index contributed by atoms with van der Waals surface area (Å²) in [5.41, 5.74) is -1.00. The number of piperidine rings is 1. The third-order valence-electron chi connectivity index (χ3n) is 7.78. The molecule has 3 heterocycles. The number of nitriles is 1. The summed E-state index contributed by atoms with van der Waals surface area (Å²) in [5.74, 6) is 0.718. The van der Waals surface area contributed by atoms with Crippen LogP contribution >= 0.6 is 0 Å². The minimum Gasteiger partial charge on any atom is -0.381 e. The zero-order chi connectivity index (χ0) is 25.3. The van der Waals surface area contributed by atoms with Crippen LogP contribution in [-0.2, 0) is 10.9 Å². The molecule has 1 unspecified atom stereocenters. The van der Waals surface area contributed by atoms with Crippen LogP contribution in [-0.4, -0.2) is 60.2 Å². The van der Waals surface area contributed by atoms with Crippen LogP contribution in [0.4, 0.5) is 18.9 Å². The first kappa shape index (κ1) is 24.5. The average Bonchev–Trinajstić information content (AvgIpc) is 3.65. The molecule has 1 aliphatic carbocycles. The van der Waals surface area contributed by atoms with Crippen molar-refractivity contribution in [2.24, 2.45) is 17.3 Å². The molecule has 0 radical (unpaired) electrons. The number of carbonyl (C=O) groups is 1. The number of anilines is 1. The number of hydrogen-bond acceptors (Lipinski definition) is 6. The van der Waals surface area contributed by atoms with Gasteiger partial charge in [0.15, 0.2) is 0 Å². The van der Waals surface area contributed by atoms with Crippen molar-refractivity contribution in [1.82, 2.24) is 14.9 Å². The molecule has 0 bridgehead atoms. The lowest BCUT2D eigenvalue weighted by Crippen LogP contribution is -2.47. The highest BCUT2D eigenvalue weighted by Crippen LogP contribution is 2.47. The fourth-order valence-corrected chi connectivity index (χ4v) is 5.45. The van der Waals surface area contributed by atoms with Crippen molar-refractivity contribution < 1.29 is 22.7 Å². The Bertz CT molecular complexity index is 1140. The molecule has 1 aromatic heterocycles. The third kappa shape index (κ3) is 5.03. The third-order valence-corrected chi connectivity index (χ3v) is 7.78. The van der Waals surface area contributed by atoms with Gasteiger partial charge in [-0.1, -0.05) is 0 Å². The van der Waals surface area contributed by atoms with Gasteiger partial charge in [0.05, 0.1) is 23.8 Å². The molecule has 190 valence electrons. The lowest BCUT2D eigenvalue weighted by Gasteiger charge is -2.42. The van der Waals surface area contributed by atoms with E-state index in [0.29, 0.717) is 44.4 Å². The van der Waals surface area contributed by atoms with E-state index in [2.05, 4.69) is 9.97 Å². The number of aromatic nitrogens is 2. The molecule has 3 fully saturated rings. The van der Waals surface area contributed by atoms with Gasteiger partial charge in [-0.05, 0) is 61.3 Å². The standard InChI is InChI=1S/C26H28F3N5O2/c27-26(28,29)22-12-21(5-4-19(22)13-30)34-14-20(16-36-15-18-2-3-18)25(17-34)6-10-33(11-7-25)24(35)23-31-8-1-9-32-23/h1,4-5,8-9,12,18,20H,2-3,6-7,10-11,14-17H2. The summed E-state index contributed by atoms with van der Waals surface area (Å²) in [5, 5.41) is 9.16. The SMILES string of the molecule is N#Cc1ccc(N2CC(COCC3CC3)C3(CCN(C(=O)c4ncccn4)CC3)C2)cc1C(F)(F)F. The second kappa shape index (κ2) is 9.69. The second-order valence-corrected chi connectivity index (χ2v) is 10.1. The van der Waals surface area contributed by atoms with Gasteiger partial charge in [0.25, 0.3) is 5.91 Å². The van der Waals surface area contributed by atoms with Crippen molar-refractivity contribution in [2.45, 2.75) is 31.9 Å². The molecule has 1 atom stereocenters. The number of halogens is 3. The van der Waals surface area contributed by atoms with Gasteiger partial charge in [-0.25, -0.2) is 9.97 Å². The van der Waals surface area contributed by atoms with E-state index in [4.69, 9.17) is 10.00 Å². The number of alkyl halides is 3. The Balaban J connectivity index is 1.34. The topological polar surface area (TPSA) is 82.4 Å². The lowest BCUT2D eigenvalue weighted by molar-refractivity contribution is -0.137. The van der Waals surface area contributed by atoms with Gasteiger partial charge in [-0.2, -0.15) is 18.4 Å². The fourth-order valence-electron chi connectivity index (χ4n) is 5.45. The molecule has 2 saturated heterocycles. The van der Waals surface area contributed by atoms with Gasteiger partial charge in [0, 0.05) is 56.8 Å². The van der Waals surface area contributed by atoms with Crippen molar-refractivity contribution in [3.05, 3.63) is 53.6 Å². The van der Waals surface area contributed by atoms with Crippen LogP contribution in [0.15, 0.2) is 36.7 Å². The van der Waals surface area contributed by atoms with E-state index in [-0.39, 0.29) is 28.6 Å². The maximum Gasteiger partial charge on any atom is 0.417 e. The molecule has 1 spiro atoms. The Hall–Kier alpha value is -3.19. The second-order valence-electron chi connectivity index (χ2n) is 10.1. The molecule has 2 aromatic rings. The average molecular weight is 500 g/mol. The lowest BCUT2D eigenvalue weighted by atomic mass is 9.71. The van der Waals surface area contributed by atoms with Gasteiger partial charge >= 0.3 is 6.18 Å². The van der Waals surface area contributed by atoms with Crippen LogP contribution in [0, 0.1) is 28.6 Å². The Morgan fingerprint density at radius 2 is 1.89 bits per heavy atom. The number of nitrogens with zero attached hydrogens (tertiary/aromatic N) is 5. The summed E-state index contributed by atoms with van der Waals surface area (Å²) >= 11 is 0. The number of carbonyl (C=O) groups excluding carboxylic acids is 1. The molecular weight excluding hydrogens is 471 g/mol. The van der Waals surface area contributed by atoms with Gasteiger partial charge in [-0.15, -0.1) is 0 Å². The van der Waals surface area contributed by atoms with Crippen LogP contribution in [0.2, 0.25) is 0 Å². The maximum absolute atomic E-state index is 13.6. The monoisotopic (exact) mass is 499 g/mol. The fraction of sp³-hybridized carbons (Fsp3) is 0.538. The Kier molecular flexibility index (Phi) is 6.60.